The molecule has 0 aliphatic rings. The molecule has 2 aromatic heterocycles. The maximum atomic E-state index is 4.77. The molecule has 2 heterocycles. The number of thiazole rings is 1. The minimum atomic E-state index is 1.04. The number of fused-ring (bicyclic) bond motifs is 1. The van der Waals surface area contributed by atoms with E-state index in [-0.39, 0.29) is 0 Å². The number of nitrogens with zero attached hydrogens (tertiary/aromatic N) is 2. The fourth-order valence-electron chi connectivity index (χ4n) is 1.99. The molecule has 3 nitrogen and oxygen atoms in total. The van der Waals surface area contributed by atoms with Crippen LogP contribution in [0.15, 0.2) is 18.2 Å². The van der Waals surface area contributed by atoms with E-state index < -0.39 is 0 Å². The molecule has 92 valence electrons. The Hall–Kier alpha value is -1.46. The lowest BCUT2D eigenvalue weighted by molar-refractivity contribution is 1.33. The predicted molar refractivity (Wildman–Crippen MR) is 79.7 cm³/mol. The first-order chi connectivity index (χ1) is 8.70. The Labute approximate surface area is 114 Å². The van der Waals surface area contributed by atoms with Gasteiger partial charge in [0.25, 0.3) is 0 Å². The van der Waals surface area contributed by atoms with E-state index in [9.17, 15) is 0 Å². The van der Waals surface area contributed by atoms with Crippen LogP contribution in [0, 0.1) is 13.8 Å². The van der Waals surface area contributed by atoms with E-state index in [1.54, 1.807) is 11.3 Å². The van der Waals surface area contributed by atoms with Crippen molar-refractivity contribution in [1.82, 2.24) is 9.36 Å². The molecule has 1 N–H and O–H groups in total. The van der Waals surface area contributed by atoms with E-state index in [2.05, 4.69) is 34.8 Å². The summed E-state index contributed by atoms with van der Waals surface area (Å²) in [4.78, 5) is 4.77. The lowest BCUT2D eigenvalue weighted by atomic mass is 10.2. The van der Waals surface area contributed by atoms with Crippen molar-refractivity contribution in [1.29, 1.82) is 0 Å². The Balaban J connectivity index is 2.26. The Morgan fingerprint density at radius 3 is 2.78 bits per heavy atom. The first-order valence-electron chi connectivity index (χ1n) is 5.71. The molecule has 3 rings (SSSR count). The van der Waals surface area contributed by atoms with Crippen LogP contribution >= 0.6 is 22.9 Å². The highest BCUT2D eigenvalue weighted by Crippen LogP contribution is 2.39. The molecule has 0 bridgehead atoms. The second-order valence-electron chi connectivity index (χ2n) is 4.16. The SMILES string of the molecule is CNc1snc(C)c1-c1nc2c(C)cccc2s1. The minimum absolute atomic E-state index is 1.04. The number of aromatic nitrogens is 2. The number of aryl methyl sites for hydroxylation is 2. The van der Waals surface area contributed by atoms with Crippen molar-refractivity contribution in [2.24, 2.45) is 0 Å². The Bertz CT molecular complexity index is 712. The summed E-state index contributed by atoms with van der Waals surface area (Å²) in [6.07, 6.45) is 0. The summed E-state index contributed by atoms with van der Waals surface area (Å²) in [5.74, 6) is 0. The van der Waals surface area contributed by atoms with Gasteiger partial charge in [0.05, 0.1) is 21.5 Å². The molecule has 0 fully saturated rings. The number of rotatable bonds is 2. The highest BCUT2D eigenvalue weighted by atomic mass is 32.1. The van der Waals surface area contributed by atoms with Crippen LogP contribution in [0.2, 0.25) is 0 Å². The van der Waals surface area contributed by atoms with Gasteiger partial charge in [-0.1, -0.05) is 12.1 Å². The zero-order valence-corrected chi connectivity index (χ0v) is 12.1. The van der Waals surface area contributed by atoms with Crippen molar-refractivity contribution in [3.63, 3.8) is 0 Å². The van der Waals surface area contributed by atoms with Gasteiger partial charge in [0.2, 0.25) is 0 Å². The molecule has 0 radical (unpaired) electrons. The zero-order chi connectivity index (χ0) is 12.7. The first-order valence-corrected chi connectivity index (χ1v) is 7.30. The van der Waals surface area contributed by atoms with Crippen molar-refractivity contribution >= 4 is 38.1 Å². The Kier molecular flexibility index (Phi) is 2.80. The third-order valence-electron chi connectivity index (χ3n) is 2.92. The van der Waals surface area contributed by atoms with Gasteiger partial charge in [-0.3, -0.25) is 0 Å². The van der Waals surface area contributed by atoms with Crippen LogP contribution in [-0.4, -0.2) is 16.4 Å². The highest BCUT2D eigenvalue weighted by molar-refractivity contribution is 7.22. The predicted octanol–water partition coefficient (Wildman–Crippen LogP) is 4.08. The van der Waals surface area contributed by atoms with Crippen LogP contribution in [0.25, 0.3) is 20.8 Å². The molecule has 0 atom stereocenters. The van der Waals surface area contributed by atoms with Crippen LogP contribution in [0.5, 0.6) is 0 Å². The van der Waals surface area contributed by atoms with Crippen molar-refractivity contribution < 1.29 is 0 Å². The monoisotopic (exact) mass is 275 g/mol. The van der Waals surface area contributed by atoms with Gasteiger partial charge in [0.1, 0.15) is 10.0 Å². The first kappa shape index (κ1) is 11.6. The molecular formula is C13H13N3S2. The zero-order valence-electron chi connectivity index (χ0n) is 10.4. The number of nitrogens with one attached hydrogen (secondary N) is 1. The fraction of sp³-hybridized carbons (Fsp3) is 0.231. The molecule has 0 aliphatic heterocycles. The molecule has 5 heteroatoms. The van der Waals surface area contributed by atoms with Crippen molar-refractivity contribution in [3.05, 3.63) is 29.5 Å². The molecule has 0 aliphatic carbocycles. The normalized spacial score (nSPS) is 11.1. The third-order valence-corrected chi connectivity index (χ3v) is 4.92. The average molecular weight is 275 g/mol. The molecule has 0 spiro atoms. The third kappa shape index (κ3) is 1.71. The van der Waals surface area contributed by atoms with Gasteiger partial charge in [-0.05, 0) is 37.0 Å². The maximum Gasteiger partial charge on any atom is 0.129 e. The molecule has 18 heavy (non-hydrogen) atoms. The summed E-state index contributed by atoms with van der Waals surface area (Å²) >= 11 is 3.22. The van der Waals surface area contributed by atoms with Gasteiger partial charge in [0.15, 0.2) is 0 Å². The average Bonchev–Trinajstić information content (AvgIpc) is 2.92. The van der Waals surface area contributed by atoms with Crippen LogP contribution < -0.4 is 5.32 Å². The molecule has 0 unspecified atom stereocenters. The van der Waals surface area contributed by atoms with E-state index in [0.29, 0.717) is 0 Å². The minimum Gasteiger partial charge on any atom is -0.378 e. The second-order valence-corrected chi connectivity index (χ2v) is 5.97. The van der Waals surface area contributed by atoms with Crippen LogP contribution in [0.4, 0.5) is 5.00 Å². The quantitative estimate of drug-likeness (QED) is 0.766. The summed E-state index contributed by atoms with van der Waals surface area (Å²) < 4.78 is 5.64. The van der Waals surface area contributed by atoms with Gasteiger partial charge < -0.3 is 5.32 Å². The van der Waals surface area contributed by atoms with Crippen molar-refractivity contribution in [2.45, 2.75) is 13.8 Å². The van der Waals surface area contributed by atoms with Crippen molar-refractivity contribution in [2.75, 3.05) is 12.4 Å². The largest absolute Gasteiger partial charge is 0.378 e. The van der Waals surface area contributed by atoms with E-state index >= 15 is 0 Å². The molecule has 0 saturated heterocycles. The summed E-state index contributed by atoms with van der Waals surface area (Å²) in [7, 11) is 1.93. The lowest BCUT2D eigenvalue weighted by Gasteiger charge is -1.98. The fourth-order valence-corrected chi connectivity index (χ4v) is 3.94. The lowest BCUT2D eigenvalue weighted by Crippen LogP contribution is -1.87. The second kappa shape index (κ2) is 4.33. The van der Waals surface area contributed by atoms with Gasteiger partial charge in [0, 0.05) is 7.05 Å². The van der Waals surface area contributed by atoms with Gasteiger partial charge in [-0.25, -0.2) is 4.98 Å². The Morgan fingerprint density at radius 2 is 2.06 bits per heavy atom. The van der Waals surface area contributed by atoms with Crippen LogP contribution in [0.1, 0.15) is 11.3 Å². The summed E-state index contributed by atoms with van der Waals surface area (Å²) in [5.41, 5.74) is 4.51. The summed E-state index contributed by atoms with van der Waals surface area (Å²) in [6.45, 7) is 4.13. The van der Waals surface area contributed by atoms with E-state index in [0.717, 1.165) is 26.8 Å². The molecule has 1 aromatic carbocycles. The number of hydrogen-bond acceptors (Lipinski definition) is 5. The molecular weight excluding hydrogens is 262 g/mol. The Morgan fingerprint density at radius 1 is 1.22 bits per heavy atom. The van der Waals surface area contributed by atoms with Gasteiger partial charge in [-0.15, -0.1) is 11.3 Å². The van der Waals surface area contributed by atoms with Crippen LogP contribution in [-0.2, 0) is 0 Å². The number of anilines is 1. The van der Waals surface area contributed by atoms with Crippen LogP contribution in [0.3, 0.4) is 0 Å². The molecule has 0 amide bonds. The number of benzene rings is 1. The van der Waals surface area contributed by atoms with E-state index in [1.165, 1.54) is 21.8 Å². The summed E-state index contributed by atoms with van der Waals surface area (Å²) in [5, 5.41) is 5.33. The standard InChI is InChI=1S/C13H13N3S2/c1-7-5-4-6-9-11(7)15-13(17-9)10-8(2)16-18-12(10)14-3/h4-6,14H,1-3H3. The highest BCUT2D eigenvalue weighted by Gasteiger charge is 2.16. The summed E-state index contributed by atoms with van der Waals surface area (Å²) in [6, 6.07) is 6.30. The number of hydrogen-bond donors (Lipinski definition) is 1. The van der Waals surface area contributed by atoms with Gasteiger partial charge >= 0.3 is 0 Å². The van der Waals surface area contributed by atoms with Gasteiger partial charge in [-0.2, -0.15) is 4.37 Å². The topological polar surface area (TPSA) is 37.8 Å². The van der Waals surface area contributed by atoms with E-state index in [1.807, 2.05) is 14.0 Å². The maximum absolute atomic E-state index is 4.77. The van der Waals surface area contributed by atoms with Crippen molar-refractivity contribution in [3.8, 4) is 10.6 Å². The smallest absolute Gasteiger partial charge is 0.129 e. The van der Waals surface area contributed by atoms with E-state index in [4.69, 9.17) is 4.98 Å². The molecule has 3 aromatic rings. The molecule has 0 saturated carbocycles. The number of para-hydroxylation sites is 1.